The van der Waals surface area contributed by atoms with Gasteiger partial charge in [0.05, 0.1) is 5.02 Å². The van der Waals surface area contributed by atoms with E-state index in [1.807, 2.05) is 0 Å². The SMILES string of the molecule is Cc1cccc(Cl)c1S(=O)(=O)N1CCC[C@H]2CNC[C@H]21. The monoisotopic (exact) mass is 314 g/mol. The molecule has 2 aliphatic rings. The van der Waals surface area contributed by atoms with Crippen molar-refractivity contribution in [3.63, 3.8) is 0 Å². The first kappa shape index (κ1) is 14.3. The van der Waals surface area contributed by atoms with Gasteiger partial charge in [-0.2, -0.15) is 4.31 Å². The van der Waals surface area contributed by atoms with E-state index in [1.54, 1.807) is 29.4 Å². The van der Waals surface area contributed by atoms with Crippen molar-refractivity contribution >= 4 is 21.6 Å². The summed E-state index contributed by atoms with van der Waals surface area (Å²) in [5, 5.41) is 3.63. The molecule has 0 unspecified atom stereocenters. The van der Waals surface area contributed by atoms with Gasteiger partial charge in [-0.25, -0.2) is 8.42 Å². The molecule has 4 nitrogen and oxygen atoms in total. The van der Waals surface area contributed by atoms with Crippen molar-refractivity contribution in [1.82, 2.24) is 9.62 Å². The van der Waals surface area contributed by atoms with Crippen LogP contribution in [-0.4, -0.2) is 38.4 Å². The zero-order valence-corrected chi connectivity index (χ0v) is 13.0. The van der Waals surface area contributed by atoms with Crippen LogP contribution in [-0.2, 0) is 10.0 Å². The van der Waals surface area contributed by atoms with Crippen LogP contribution in [0.2, 0.25) is 5.02 Å². The van der Waals surface area contributed by atoms with Crippen molar-refractivity contribution in [2.75, 3.05) is 19.6 Å². The summed E-state index contributed by atoms with van der Waals surface area (Å²) in [5.41, 5.74) is 0.713. The van der Waals surface area contributed by atoms with Gasteiger partial charge in [0, 0.05) is 19.1 Å². The van der Waals surface area contributed by atoms with Gasteiger partial charge in [-0.1, -0.05) is 23.7 Å². The Balaban J connectivity index is 2.03. The lowest BCUT2D eigenvalue weighted by Crippen LogP contribution is -2.48. The Kier molecular flexibility index (Phi) is 3.79. The molecule has 0 aromatic heterocycles. The zero-order valence-electron chi connectivity index (χ0n) is 11.5. The Morgan fingerprint density at radius 3 is 2.90 bits per heavy atom. The van der Waals surface area contributed by atoms with Crippen LogP contribution in [0.15, 0.2) is 23.1 Å². The summed E-state index contributed by atoms with van der Waals surface area (Å²) >= 11 is 6.15. The second-order valence-corrected chi connectivity index (χ2v) is 7.86. The minimum absolute atomic E-state index is 0.0735. The largest absolute Gasteiger partial charge is 0.315 e. The number of fused-ring (bicyclic) bond motifs is 1. The highest BCUT2D eigenvalue weighted by molar-refractivity contribution is 7.89. The predicted octanol–water partition coefficient (Wildman–Crippen LogP) is 2.02. The molecule has 0 amide bonds. The Hall–Kier alpha value is -0.620. The summed E-state index contributed by atoms with van der Waals surface area (Å²) in [5.74, 6) is 0.432. The fraction of sp³-hybridized carbons (Fsp3) is 0.571. The number of halogens is 1. The van der Waals surface area contributed by atoms with Crippen LogP contribution in [0.5, 0.6) is 0 Å². The number of piperidine rings is 1. The van der Waals surface area contributed by atoms with Crippen LogP contribution in [0.4, 0.5) is 0 Å². The molecule has 0 bridgehead atoms. The lowest BCUT2D eigenvalue weighted by molar-refractivity contribution is 0.217. The molecule has 0 spiro atoms. The van der Waals surface area contributed by atoms with Gasteiger partial charge in [0.1, 0.15) is 4.90 Å². The summed E-state index contributed by atoms with van der Waals surface area (Å²) in [6.45, 7) is 4.05. The highest BCUT2D eigenvalue weighted by atomic mass is 35.5. The van der Waals surface area contributed by atoms with Crippen molar-refractivity contribution in [3.8, 4) is 0 Å². The molecule has 3 rings (SSSR count). The quantitative estimate of drug-likeness (QED) is 0.908. The van der Waals surface area contributed by atoms with E-state index in [1.165, 1.54) is 0 Å². The van der Waals surface area contributed by atoms with Crippen molar-refractivity contribution in [2.24, 2.45) is 5.92 Å². The highest BCUT2D eigenvalue weighted by Crippen LogP contribution is 2.34. The van der Waals surface area contributed by atoms with Crippen LogP contribution in [0.3, 0.4) is 0 Å². The van der Waals surface area contributed by atoms with E-state index < -0.39 is 10.0 Å². The molecule has 1 N–H and O–H groups in total. The Morgan fingerprint density at radius 1 is 1.35 bits per heavy atom. The second-order valence-electron chi connectivity index (χ2n) is 5.63. The number of hydrogen-bond acceptors (Lipinski definition) is 3. The number of hydrogen-bond donors (Lipinski definition) is 1. The molecule has 2 heterocycles. The third-order valence-electron chi connectivity index (χ3n) is 4.36. The molecular weight excluding hydrogens is 296 g/mol. The number of rotatable bonds is 2. The van der Waals surface area contributed by atoms with Gasteiger partial charge in [-0.3, -0.25) is 0 Å². The maximum atomic E-state index is 13.0. The lowest BCUT2D eigenvalue weighted by atomic mass is 9.94. The Bertz CT molecular complexity index is 597. The van der Waals surface area contributed by atoms with Crippen molar-refractivity contribution in [2.45, 2.75) is 30.7 Å². The molecule has 2 aliphatic heterocycles. The maximum Gasteiger partial charge on any atom is 0.245 e. The molecule has 0 aliphatic carbocycles. The first-order chi connectivity index (χ1) is 9.51. The lowest BCUT2D eigenvalue weighted by Gasteiger charge is -2.36. The number of benzene rings is 1. The van der Waals surface area contributed by atoms with Gasteiger partial charge in [-0.05, 0) is 43.9 Å². The van der Waals surface area contributed by atoms with E-state index in [0.717, 1.165) is 25.9 Å². The highest BCUT2D eigenvalue weighted by Gasteiger charge is 2.42. The molecule has 0 radical (unpaired) electrons. The van der Waals surface area contributed by atoms with E-state index in [2.05, 4.69) is 5.32 Å². The van der Waals surface area contributed by atoms with Gasteiger partial charge < -0.3 is 5.32 Å². The molecule has 20 heavy (non-hydrogen) atoms. The standard InChI is InChI=1S/C14H19ClN2O2S/c1-10-4-2-6-12(15)14(10)20(18,19)17-7-3-5-11-8-16-9-13(11)17/h2,4,6,11,13,16H,3,5,7-9H2,1H3/t11-,13+/m0/s1. The van der Waals surface area contributed by atoms with Gasteiger partial charge >= 0.3 is 0 Å². The summed E-state index contributed by atoms with van der Waals surface area (Å²) in [7, 11) is -3.52. The van der Waals surface area contributed by atoms with Crippen molar-refractivity contribution < 1.29 is 8.42 Å². The van der Waals surface area contributed by atoms with Gasteiger partial charge in [0.15, 0.2) is 0 Å². The normalized spacial score (nSPS) is 27.5. The van der Waals surface area contributed by atoms with Crippen molar-refractivity contribution in [1.29, 1.82) is 0 Å². The number of sulfonamides is 1. The first-order valence-electron chi connectivity index (χ1n) is 6.99. The molecule has 2 atom stereocenters. The topological polar surface area (TPSA) is 49.4 Å². The minimum atomic E-state index is -3.52. The fourth-order valence-corrected chi connectivity index (χ4v) is 5.90. The Labute approximate surface area is 125 Å². The van der Waals surface area contributed by atoms with Crippen LogP contribution in [0.1, 0.15) is 18.4 Å². The minimum Gasteiger partial charge on any atom is -0.315 e. The third-order valence-corrected chi connectivity index (χ3v) is 6.91. The summed E-state index contributed by atoms with van der Waals surface area (Å²) in [6.07, 6.45) is 2.02. The van der Waals surface area contributed by atoms with E-state index in [9.17, 15) is 8.42 Å². The number of nitrogens with zero attached hydrogens (tertiary/aromatic N) is 1. The molecule has 2 saturated heterocycles. The van der Waals surface area contributed by atoms with E-state index in [0.29, 0.717) is 23.0 Å². The molecule has 2 fully saturated rings. The van der Waals surface area contributed by atoms with Crippen LogP contribution in [0, 0.1) is 12.8 Å². The van der Waals surface area contributed by atoms with Gasteiger partial charge in [0.25, 0.3) is 0 Å². The van der Waals surface area contributed by atoms with Crippen LogP contribution < -0.4 is 5.32 Å². The Morgan fingerprint density at radius 2 is 2.15 bits per heavy atom. The first-order valence-corrected chi connectivity index (χ1v) is 8.81. The maximum absolute atomic E-state index is 13.0. The third kappa shape index (κ3) is 2.26. The van der Waals surface area contributed by atoms with Crippen LogP contribution in [0.25, 0.3) is 0 Å². The predicted molar refractivity (Wildman–Crippen MR) is 79.5 cm³/mol. The molecular formula is C14H19ClN2O2S. The molecule has 1 aromatic carbocycles. The summed E-state index contributed by atoms with van der Waals surface area (Å²) in [4.78, 5) is 0.272. The average molecular weight is 315 g/mol. The average Bonchev–Trinajstić information content (AvgIpc) is 2.85. The van der Waals surface area contributed by atoms with Crippen LogP contribution >= 0.6 is 11.6 Å². The molecule has 1 aromatic rings. The smallest absolute Gasteiger partial charge is 0.245 e. The van der Waals surface area contributed by atoms with E-state index >= 15 is 0 Å². The summed E-state index contributed by atoms with van der Waals surface area (Å²) in [6, 6.07) is 5.31. The van der Waals surface area contributed by atoms with Crippen molar-refractivity contribution in [3.05, 3.63) is 28.8 Å². The fourth-order valence-electron chi connectivity index (χ4n) is 3.38. The molecule has 6 heteroatoms. The molecule has 110 valence electrons. The molecule has 0 saturated carbocycles. The second kappa shape index (κ2) is 5.30. The number of nitrogens with one attached hydrogen (secondary N) is 1. The zero-order chi connectivity index (χ0) is 14.3. The van der Waals surface area contributed by atoms with Gasteiger partial charge in [-0.15, -0.1) is 0 Å². The van der Waals surface area contributed by atoms with E-state index in [4.69, 9.17) is 11.6 Å². The van der Waals surface area contributed by atoms with Gasteiger partial charge in [0.2, 0.25) is 10.0 Å². The number of aryl methyl sites for hydroxylation is 1. The van der Waals surface area contributed by atoms with E-state index in [-0.39, 0.29) is 10.9 Å². The summed E-state index contributed by atoms with van der Waals surface area (Å²) < 4.78 is 27.6.